The zero-order valence-electron chi connectivity index (χ0n) is 12.3. The average molecular weight is 252 g/mol. The van der Waals surface area contributed by atoms with Gasteiger partial charge >= 0.3 is 0 Å². The van der Waals surface area contributed by atoms with E-state index in [1.807, 2.05) is 0 Å². The van der Waals surface area contributed by atoms with Gasteiger partial charge in [-0.05, 0) is 31.1 Å². The Morgan fingerprint density at radius 1 is 1.39 bits per heavy atom. The van der Waals surface area contributed by atoms with Crippen LogP contribution in [-0.2, 0) is 4.79 Å². The third-order valence-electron chi connectivity index (χ3n) is 4.57. The molecule has 104 valence electrons. The highest BCUT2D eigenvalue weighted by Crippen LogP contribution is 2.32. The van der Waals surface area contributed by atoms with Gasteiger partial charge in [-0.2, -0.15) is 0 Å². The van der Waals surface area contributed by atoms with Crippen molar-refractivity contribution in [3.05, 3.63) is 0 Å². The number of rotatable bonds is 3. The topological polar surface area (TPSA) is 32.3 Å². The molecule has 0 aromatic carbocycles. The van der Waals surface area contributed by atoms with E-state index < -0.39 is 0 Å². The largest absolute Gasteiger partial charge is 0.323 e. The van der Waals surface area contributed by atoms with Gasteiger partial charge in [0.15, 0.2) is 0 Å². The number of nitrogens with one attached hydrogen (secondary N) is 1. The van der Waals surface area contributed by atoms with E-state index in [1.165, 1.54) is 25.7 Å². The molecule has 1 amide bonds. The smallest absolute Gasteiger partial charge is 0.241 e. The van der Waals surface area contributed by atoms with Crippen LogP contribution in [0.5, 0.6) is 0 Å². The minimum Gasteiger partial charge on any atom is -0.323 e. The van der Waals surface area contributed by atoms with Crippen LogP contribution in [-0.4, -0.2) is 29.1 Å². The standard InChI is InChI=1S/C15H28N2O/c1-5-13-15(18)17(14(16-13)10(2)3)12-8-6-7-11(4)9-12/h10-14,16H,5-9H2,1-4H3. The Morgan fingerprint density at radius 2 is 2.11 bits per heavy atom. The Labute approximate surface area is 111 Å². The van der Waals surface area contributed by atoms with E-state index >= 15 is 0 Å². The van der Waals surface area contributed by atoms with Gasteiger partial charge in [0.25, 0.3) is 0 Å². The fraction of sp³-hybridized carbons (Fsp3) is 0.933. The lowest BCUT2D eigenvalue weighted by molar-refractivity contribution is -0.133. The zero-order chi connectivity index (χ0) is 13.3. The molecule has 3 nitrogen and oxygen atoms in total. The molecule has 1 aliphatic heterocycles. The summed E-state index contributed by atoms with van der Waals surface area (Å²) in [5.41, 5.74) is 0. The van der Waals surface area contributed by atoms with E-state index in [1.54, 1.807) is 0 Å². The number of hydrogen-bond donors (Lipinski definition) is 1. The maximum atomic E-state index is 12.5. The molecule has 2 rings (SSSR count). The molecule has 0 spiro atoms. The predicted octanol–water partition coefficient (Wildman–Crippen LogP) is 2.76. The summed E-state index contributed by atoms with van der Waals surface area (Å²) in [7, 11) is 0. The third kappa shape index (κ3) is 2.56. The SMILES string of the molecule is CCC1NC(C(C)C)N(C2CCCC(C)C2)C1=O. The Balaban J connectivity index is 2.14. The van der Waals surface area contributed by atoms with Crippen LogP contribution in [0.2, 0.25) is 0 Å². The van der Waals surface area contributed by atoms with Crippen LogP contribution in [0.15, 0.2) is 0 Å². The molecule has 4 atom stereocenters. The highest BCUT2D eigenvalue weighted by atomic mass is 16.2. The second-order valence-electron chi connectivity index (χ2n) is 6.49. The molecule has 0 aromatic rings. The summed E-state index contributed by atoms with van der Waals surface area (Å²) < 4.78 is 0. The van der Waals surface area contributed by atoms with Crippen molar-refractivity contribution in [1.82, 2.24) is 10.2 Å². The van der Waals surface area contributed by atoms with Crippen LogP contribution in [0, 0.1) is 11.8 Å². The number of amides is 1. The first-order chi connectivity index (χ1) is 8.54. The van der Waals surface area contributed by atoms with Gasteiger partial charge < -0.3 is 4.90 Å². The van der Waals surface area contributed by atoms with Gasteiger partial charge in [0.2, 0.25) is 5.91 Å². The van der Waals surface area contributed by atoms with Gasteiger partial charge in [0.05, 0.1) is 12.2 Å². The van der Waals surface area contributed by atoms with Gasteiger partial charge in [-0.15, -0.1) is 0 Å². The van der Waals surface area contributed by atoms with Crippen LogP contribution >= 0.6 is 0 Å². The van der Waals surface area contributed by atoms with Crippen molar-refractivity contribution in [2.45, 2.75) is 78.0 Å². The van der Waals surface area contributed by atoms with E-state index in [0.29, 0.717) is 17.9 Å². The Hall–Kier alpha value is -0.570. The maximum Gasteiger partial charge on any atom is 0.241 e. The van der Waals surface area contributed by atoms with E-state index in [-0.39, 0.29) is 12.2 Å². The van der Waals surface area contributed by atoms with Gasteiger partial charge in [-0.3, -0.25) is 10.1 Å². The first kappa shape index (κ1) is 13.9. The monoisotopic (exact) mass is 252 g/mol. The molecule has 1 N–H and O–H groups in total. The van der Waals surface area contributed by atoms with Crippen molar-refractivity contribution < 1.29 is 4.79 Å². The number of carbonyl (C=O) groups excluding carboxylic acids is 1. The van der Waals surface area contributed by atoms with E-state index in [0.717, 1.165) is 12.3 Å². The minimum atomic E-state index is 0.0506. The second-order valence-corrected chi connectivity index (χ2v) is 6.49. The summed E-state index contributed by atoms with van der Waals surface area (Å²) >= 11 is 0. The van der Waals surface area contributed by atoms with Crippen LogP contribution in [0.4, 0.5) is 0 Å². The second kappa shape index (κ2) is 5.60. The lowest BCUT2D eigenvalue weighted by Crippen LogP contribution is -2.48. The summed E-state index contributed by atoms with van der Waals surface area (Å²) in [6, 6.07) is 0.521. The molecule has 0 radical (unpaired) electrons. The molecule has 3 heteroatoms. The predicted molar refractivity (Wildman–Crippen MR) is 74.1 cm³/mol. The van der Waals surface area contributed by atoms with Crippen LogP contribution in [0.1, 0.15) is 59.8 Å². The van der Waals surface area contributed by atoms with Crippen molar-refractivity contribution in [3.8, 4) is 0 Å². The van der Waals surface area contributed by atoms with E-state index in [9.17, 15) is 4.79 Å². The van der Waals surface area contributed by atoms with Gasteiger partial charge in [0, 0.05) is 6.04 Å². The lowest BCUT2D eigenvalue weighted by atomic mass is 9.85. The lowest BCUT2D eigenvalue weighted by Gasteiger charge is -2.38. The van der Waals surface area contributed by atoms with Crippen molar-refractivity contribution >= 4 is 5.91 Å². The highest BCUT2D eigenvalue weighted by molar-refractivity contribution is 5.84. The molecule has 2 aliphatic rings. The first-order valence-corrected chi connectivity index (χ1v) is 7.62. The van der Waals surface area contributed by atoms with Crippen LogP contribution in [0.25, 0.3) is 0 Å². The molecule has 0 bridgehead atoms. The fourth-order valence-corrected chi connectivity index (χ4v) is 3.54. The molecule has 0 aromatic heterocycles. The van der Waals surface area contributed by atoms with Crippen LogP contribution < -0.4 is 5.32 Å². The summed E-state index contributed by atoms with van der Waals surface area (Å²) in [5.74, 6) is 1.60. The number of nitrogens with zero attached hydrogens (tertiary/aromatic N) is 1. The third-order valence-corrected chi connectivity index (χ3v) is 4.57. The molecule has 2 fully saturated rings. The maximum absolute atomic E-state index is 12.5. The van der Waals surface area contributed by atoms with Gasteiger partial charge in [0.1, 0.15) is 0 Å². The van der Waals surface area contributed by atoms with E-state index in [4.69, 9.17) is 0 Å². The molecule has 1 saturated carbocycles. The summed E-state index contributed by atoms with van der Waals surface area (Å²) in [4.78, 5) is 14.7. The molecule has 1 aliphatic carbocycles. The summed E-state index contributed by atoms with van der Waals surface area (Å²) in [6.07, 6.45) is 6.13. The van der Waals surface area contributed by atoms with Gasteiger partial charge in [-0.1, -0.05) is 40.5 Å². The van der Waals surface area contributed by atoms with Crippen molar-refractivity contribution in [2.75, 3.05) is 0 Å². The number of hydrogen-bond acceptors (Lipinski definition) is 2. The molecular weight excluding hydrogens is 224 g/mol. The van der Waals surface area contributed by atoms with Crippen LogP contribution in [0.3, 0.4) is 0 Å². The first-order valence-electron chi connectivity index (χ1n) is 7.62. The number of carbonyl (C=O) groups is 1. The minimum absolute atomic E-state index is 0.0506. The molecule has 1 saturated heterocycles. The van der Waals surface area contributed by atoms with Crippen molar-refractivity contribution in [2.24, 2.45) is 11.8 Å². The zero-order valence-corrected chi connectivity index (χ0v) is 12.3. The molecule has 4 unspecified atom stereocenters. The summed E-state index contributed by atoms with van der Waals surface area (Å²) in [5, 5.41) is 3.53. The van der Waals surface area contributed by atoms with Crippen molar-refractivity contribution in [3.63, 3.8) is 0 Å². The Morgan fingerprint density at radius 3 is 2.67 bits per heavy atom. The van der Waals surface area contributed by atoms with Crippen molar-refractivity contribution in [1.29, 1.82) is 0 Å². The molecule has 1 heterocycles. The van der Waals surface area contributed by atoms with Gasteiger partial charge in [-0.25, -0.2) is 0 Å². The van der Waals surface area contributed by atoms with E-state index in [2.05, 4.69) is 37.9 Å². The average Bonchev–Trinajstić information content (AvgIpc) is 2.66. The quantitative estimate of drug-likeness (QED) is 0.837. The Bertz CT molecular complexity index is 303. The molecule has 18 heavy (non-hydrogen) atoms. The molecular formula is C15H28N2O. The Kier molecular flexibility index (Phi) is 4.31. The normalized spacial score (nSPS) is 37.6. The summed E-state index contributed by atoms with van der Waals surface area (Å²) in [6.45, 7) is 8.84. The highest BCUT2D eigenvalue weighted by Gasteiger charge is 2.43. The fourth-order valence-electron chi connectivity index (χ4n) is 3.54.